The summed E-state index contributed by atoms with van der Waals surface area (Å²) in [5.74, 6) is -0.109. The molecule has 0 saturated carbocycles. The lowest BCUT2D eigenvalue weighted by atomic mass is 10.1. The van der Waals surface area contributed by atoms with Gasteiger partial charge in [0.1, 0.15) is 6.04 Å². The lowest BCUT2D eigenvalue weighted by Crippen LogP contribution is -2.50. The zero-order chi connectivity index (χ0) is 16.1. The number of likely N-dealkylation sites (N-methyl/N-ethyl adjacent to an activating group) is 2. The Morgan fingerprint density at radius 2 is 2.27 bits per heavy atom. The number of hydrogen-bond acceptors (Lipinski definition) is 4. The third-order valence-electron chi connectivity index (χ3n) is 4.21. The molecule has 1 aliphatic rings. The fourth-order valence-electron chi connectivity index (χ4n) is 2.76. The molecule has 2 amide bonds. The van der Waals surface area contributed by atoms with Crippen molar-refractivity contribution < 1.29 is 9.59 Å². The molecule has 1 aromatic rings. The number of nitrogens with one attached hydrogen (secondary N) is 1. The average molecular weight is 307 g/mol. The van der Waals surface area contributed by atoms with Crippen LogP contribution in [0.15, 0.2) is 18.5 Å². The van der Waals surface area contributed by atoms with E-state index >= 15 is 0 Å². The second-order valence-corrected chi connectivity index (χ2v) is 5.82. The van der Waals surface area contributed by atoms with Gasteiger partial charge in [0, 0.05) is 38.6 Å². The van der Waals surface area contributed by atoms with Crippen molar-refractivity contribution in [3.63, 3.8) is 0 Å². The molecule has 1 saturated heterocycles. The summed E-state index contributed by atoms with van der Waals surface area (Å²) in [6.07, 6.45) is 5.48. The van der Waals surface area contributed by atoms with Gasteiger partial charge in [-0.25, -0.2) is 0 Å². The Kier molecular flexibility index (Phi) is 5.54. The van der Waals surface area contributed by atoms with Gasteiger partial charge in [0.15, 0.2) is 0 Å². The van der Waals surface area contributed by atoms with Crippen LogP contribution in [0.1, 0.15) is 25.8 Å². The number of hydrogen-bond donors (Lipinski definition) is 1. The van der Waals surface area contributed by atoms with Crippen LogP contribution in [0, 0.1) is 0 Å². The molecule has 1 aliphatic heterocycles. The molecule has 7 nitrogen and oxygen atoms in total. The third-order valence-corrected chi connectivity index (χ3v) is 4.21. The molecule has 0 radical (unpaired) electrons. The zero-order valence-electron chi connectivity index (χ0n) is 13.5. The summed E-state index contributed by atoms with van der Waals surface area (Å²) in [7, 11) is 3.58. The molecule has 22 heavy (non-hydrogen) atoms. The second kappa shape index (κ2) is 7.40. The number of carbonyl (C=O) groups excluding carboxylic acids is 2. The van der Waals surface area contributed by atoms with Gasteiger partial charge in [0.25, 0.3) is 0 Å². The first-order chi connectivity index (χ1) is 10.5. The predicted octanol–water partition coefficient (Wildman–Crippen LogP) is 0.113. The van der Waals surface area contributed by atoms with Crippen LogP contribution in [0.3, 0.4) is 0 Å². The van der Waals surface area contributed by atoms with Crippen molar-refractivity contribution in [2.24, 2.45) is 0 Å². The van der Waals surface area contributed by atoms with E-state index in [9.17, 15) is 9.59 Å². The van der Waals surface area contributed by atoms with E-state index < -0.39 is 6.04 Å². The van der Waals surface area contributed by atoms with Crippen molar-refractivity contribution in [1.29, 1.82) is 0 Å². The predicted molar refractivity (Wildman–Crippen MR) is 83.2 cm³/mol. The van der Waals surface area contributed by atoms with E-state index in [4.69, 9.17) is 0 Å². The van der Waals surface area contributed by atoms with E-state index in [1.165, 1.54) is 4.90 Å². The minimum absolute atomic E-state index is 0.00321. The highest BCUT2D eigenvalue weighted by molar-refractivity contribution is 5.86. The number of piperidine rings is 1. The monoisotopic (exact) mass is 307 g/mol. The first-order valence-electron chi connectivity index (χ1n) is 7.72. The van der Waals surface area contributed by atoms with Crippen LogP contribution in [-0.4, -0.2) is 71.2 Å². The Morgan fingerprint density at radius 1 is 1.50 bits per heavy atom. The quantitative estimate of drug-likeness (QED) is 0.838. The molecular formula is C15H25N5O2. The Balaban J connectivity index is 1.89. The summed E-state index contributed by atoms with van der Waals surface area (Å²) in [6, 6.07) is 1.72. The smallest absolute Gasteiger partial charge is 0.247 e. The van der Waals surface area contributed by atoms with Gasteiger partial charge in [-0.15, -0.1) is 0 Å². The highest BCUT2D eigenvalue weighted by Crippen LogP contribution is 2.11. The van der Waals surface area contributed by atoms with Gasteiger partial charge in [-0.3, -0.25) is 14.3 Å². The minimum atomic E-state index is -0.404. The molecule has 0 bridgehead atoms. The summed E-state index contributed by atoms with van der Waals surface area (Å²) in [5.41, 5.74) is 0. The molecule has 2 heterocycles. The maximum absolute atomic E-state index is 12.4. The number of likely N-dealkylation sites (tertiary alicyclic amines) is 1. The average Bonchev–Trinajstić information content (AvgIpc) is 3.07. The normalized spacial score (nSPS) is 19.8. The first-order valence-corrected chi connectivity index (χ1v) is 7.72. The van der Waals surface area contributed by atoms with Gasteiger partial charge in [-0.1, -0.05) is 0 Å². The largest absolute Gasteiger partial charge is 0.340 e. The number of rotatable bonds is 5. The molecule has 122 valence electrons. The van der Waals surface area contributed by atoms with E-state index in [1.807, 2.05) is 11.9 Å². The van der Waals surface area contributed by atoms with Crippen LogP contribution < -0.4 is 5.32 Å². The summed E-state index contributed by atoms with van der Waals surface area (Å²) in [6.45, 7) is 3.38. The Morgan fingerprint density at radius 3 is 2.91 bits per heavy atom. The van der Waals surface area contributed by atoms with Gasteiger partial charge in [0.2, 0.25) is 11.8 Å². The van der Waals surface area contributed by atoms with E-state index in [0.717, 1.165) is 19.4 Å². The minimum Gasteiger partial charge on any atom is -0.340 e. The number of carbonyl (C=O) groups is 2. The zero-order valence-corrected chi connectivity index (χ0v) is 13.5. The molecule has 1 fully saturated rings. The van der Waals surface area contributed by atoms with Gasteiger partial charge >= 0.3 is 0 Å². The summed E-state index contributed by atoms with van der Waals surface area (Å²) in [5, 5.41) is 7.29. The fourth-order valence-corrected chi connectivity index (χ4v) is 2.76. The van der Waals surface area contributed by atoms with Gasteiger partial charge in [0.05, 0.1) is 6.54 Å². The summed E-state index contributed by atoms with van der Waals surface area (Å²) in [4.78, 5) is 28.1. The molecule has 1 N–H and O–H groups in total. The molecule has 2 atom stereocenters. The van der Waals surface area contributed by atoms with Crippen LogP contribution in [0.25, 0.3) is 0 Å². The Hall–Kier alpha value is -1.89. The molecule has 0 spiro atoms. The lowest BCUT2D eigenvalue weighted by Gasteiger charge is -2.33. The van der Waals surface area contributed by atoms with Crippen LogP contribution >= 0.6 is 0 Å². The molecule has 0 aromatic carbocycles. The van der Waals surface area contributed by atoms with E-state index in [-0.39, 0.29) is 18.4 Å². The molecular weight excluding hydrogens is 282 g/mol. The molecule has 2 unspecified atom stereocenters. The number of nitrogens with zero attached hydrogens (tertiary/aromatic N) is 4. The maximum atomic E-state index is 12.4. The van der Waals surface area contributed by atoms with Crippen molar-refractivity contribution in [1.82, 2.24) is 24.9 Å². The van der Waals surface area contributed by atoms with Crippen LogP contribution in [0.2, 0.25) is 0 Å². The van der Waals surface area contributed by atoms with Crippen LogP contribution in [0.4, 0.5) is 0 Å². The number of aromatic nitrogens is 2. The van der Waals surface area contributed by atoms with Crippen LogP contribution in [0.5, 0.6) is 0 Å². The second-order valence-electron chi connectivity index (χ2n) is 5.82. The third kappa shape index (κ3) is 3.85. The topological polar surface area (TPSA) is 70.5 Å². The highest BCUT2D eigenvalue weighted by Gasteiger charge is 2.26. The summed E-state index contributed by atoms with van der Waals surface area (Å²) < 4.78 is 1.60. The molecule has 0 aliphatic carbocycles. The van der Waals surface area contributed by atoms with Crippen molar-refractivity contribution in [3.8, 4) is 0 Å². The lowest BCUT2D eigenvalue weighted by molar-refractivity contribution is -0.141. The van der Waals surface area contributed by atoms with Crippen molar-refractivity contribution in [2.75, 3.05) is 33.7 Å². The van der Waals surface area contributed by atoms with Crippen molar-refractivity contribution >= 4 is 11.8 Å². The van der Waals surface area contributed by atoms with E-state index in [2.05, 4.69) is 10.4 Å². The van der Waals surface area contributed by atoms with Crippen LogP contribution in [-0.2, 0) is 9.59 Å². The molecule has 1 aromatic heterocycles. The van der Waals surface area contributed by atoms with E-state index in [0.29, 0.717) is 12.6 Å². The highest BCUT2D eigenvalue weighted by atomic mass is 16.2. The van der Waals surface area contributed by atoms with Gasteiger partial charge in [-0.2, -0.15) is 5.10 Å². The fraction of sp³-hybridized carbons (Fsp3) is 0.667. The SMILES string of the molecule is CNC1CCCN(C(=O)CN(C)C(=O)C(C)n2cccn2)C1. The number of amides is 2. The van der Waals surface area contributed by atoms with Gasteiger partial charge < -0.3 is 15.1 Å². The van der Waals surface area contributed by atoms with E-state index in [1.54, 1.807) is 37.1 Å². The van der Waals surface area contributed by atoms with Gasteiger partial charge in [-0.05, 0) is 32.9 Å². The van der Waals surface area contributed by atoms with Crippen molar-refractivity contribution in [3.05, 3.63) is 18.5 Å². The Labute approximate surface area is 131 Å². The molecule has 2 rings (SSSR count). The molecule has 7 heteroatoms. The maximum Gasteiger partial charge on any atom is 0.247 e. The first kappa shape index (κ1) is 16.5. The summed E-state index contributed by atoms with van der Waals surface area (Å²) >= 11 is 0. The Bertz CT molecular complexity index is 502. The van der Waals surface area contributed by atoms with Crippen molar-refractivity contribution in [2.45, 2.75) is 31.8 Å². The standard InChI is InChI=1S/C15H25N5O2/c1-12(20-9-5-7-17-20)15(22)18(3)11-14(21)19-8-4-6-13(10-19)16-2/h5,7,9,12-13,16H,4,6,8,10-11H2,1-3H3.